The fourth-order valence-corrected chi connectivity index (χ4v) is 1.86. The van der Waals surface area contributed by atoms with Crippen molar-refractivity contribution in [3.05, 3.63) is 23.3 Å². The Morgan fingerprint density at radius 1 is 1.20 bits per heavy atom. The van der Waals surface area contributed by atoms with E-state index in [9.17, 15) is 4.79 Å². The first kappa shape index (κ1) is 16.1. The summed E-state index contributed by atoms with van der Waals surface area (Å²) >= 11 is 0. The normalized spacial score (nSPS) is 10.3. The van der Waals surface area contributed by atoms with E-state index in [0.717, 1.165) is 22.6 Å². The maximum Gasteiger partial charge on any atom is 0.407 e. The van der Waals surface area contributed by atoms with E-state index in [1.165, 1.54) is 0 Å². The second-order valence-electron chi connectivity index (χ2n) is 4.76. The minimum absolute atomic E-state index is 0.121. The van der Waals surface area contributed by atoms with Gasteiger partial charge in [0.2, 0.25) is 0 Å². The largest absolute Gasteiger partial charge is 0.496 e. The number of methoxy groups -OCH3 is 2. The van der Waals surface area contributed by atoms with Crippen LogP contribution in [0, 0.1) is 6.92 Å². The fourth-order valence-electron chi connectivity index (χ4n) is 1.86. The monoisotopic (exact) mass is 281 g/mol. The summed E-state index contributed by atoms with van der Waals surface area (Å²) in [5.74, 6) is 1.60. The molecule has 0 aliphatic heterocycles. The number of nitrogens with one attached hydrogen (secondary N) is 1. The van der Waals surface area contributed by atoms with Crippen LogP contribution in [0.1, 0.15) is 25.0 Å². The van der Waals surface area contributed by atoms with Crippen molar-refractivity contribution in [2.75, 3.05) is 20.8 Å². The molecule has 0 saturated heterocycles. The molecule has 1 amide bonds. The van der Waals surface area contributed by atoms with Gasteiger partial charge >= 0.3 is 6.09 Å². The van der Waals surface area contributed by atoms with Crippen molar-refractivity contribution in [3.8, 4) is 11.5 Å². The summed E-state index contributed by atoms with van der Waals surface area (Å²) in [4.78, 5) is 11.4. The van der Waals surface area contributed by atoms with Crippen molar-refractivity contribution < 1.29 is 19.0 Å². The Labute approximate surface area is 120 Å². The van der Waals surface area contributed by atoms with E-state index < -0.39 is 6.09 Å². The number of carbonyl (C=O) groups is 1. The van der Waals surface area contributed by atoms with E-state index in [-0.39, 0.29) is 6.10 Å². The Morgan fingerprint density at radius 3 is 2.40 bits per heavy atom. The van der Waals surface area contributed by atoms with Gasteiger partial charge < -0.3 is 19.5 Å². The third kappa shape index (κ3) is 4.64. The second kappa shape index (κ2) is 7.62. The third-order valence-corrected chi connectivity index (χ3v) is 2.80. The van der Waals surface area contributed by atoms with Crippen LogP contribution in [-0.4, -0.2) is 33.0 Å². The summed E-state index contributed by atoms with van der Waals surface area (Å²) in [7, 11) is 3.27. The quantitative estimate of drug-likeness (QED) is 0.871. The molecule has 112 valence electrons. The van der Waals surface area contributed by atoms with Crippen molar-refractivity contribution >= 4 is 6.09 Å². The SMILES string of the molecule is COc1cc(CCNC(=O)OC(C)C)c(OC)cc1C. The predicted octanol–water partition coefficient (Wildman–Crippen LogP) is 2.69. The molecule has 0 aliphatic rings. The lowest BCUT2D eigenvalue weighted by Crippen LogP contribution is -2.28. The molecule has 1 N–H and O–H groups in total. The van der Waals surface area contributed by atoms with Gasteiger partial charge in [-0.05, 0) is 50.5 Å². The van der Waals surface area contributed by atoms with Crippen molar-refractivity contribution in [2.24, 2.45) is 0 Å². The highest BCUT2D eigenvalue weighted by Gasteiger charge is 2.10. The molecule has 0 fully saturated rings. The lowest BCUT2D eigenvalue weighted by molar-refractivity contribution is 0.116. The standard InChI is InChI=1S/C15H23NO4/c1-10(2)20-15(17)16-7-6-12-9-13(18-4)11(3)8-14(12)19-5/h8-10H,6-7H2,1-5H3,(H,16,17). The second-order valence-corrected chi connectivity index (χ2v) is 4.76. The molecule has 1 aromatic carbocycles. The van der Waals surface area contributed by atoms with Crippen molar-refractivity contribution in [1.29, 1.82) is 0 Å². The van der Waals surface area contributed by atoms with Gasteiger partial charge in [-0.25, -0.2) is 4.79 Å². The minimum Gasteiger partial charge on any atom is -0.496 e. The first-order valence-electron chi connectivity index (χ1n) is 6.64. The first-order chi connectivity index (χ1) is 9.47. The molecule has 0 saturated carbocycles. The smallest absolute Gasteiger partial charge is 0.407 e. The lowest BCUT2D eigenvalue weighted by Gasteiger charge is -2.14. The van der Waals surface area contributed by atoms with Crippen LogP contribution in [0.4, 0.5) is 4.79 Å². The van der Waals surface area contributed by atoms with Crippen LogP contribution in [0.5, 0.6) is 11.5 Å². The number of carbonyl (C=O) groups excluding carboxylic acids is 1. The van der Waals surface area contributed by atoms with E-state index in [4.69, 9.17) is 14.2 Å². The van der Waals surface area contributed by atoms with Gasteiger partial charge in [0.05, 0.1) is 20.3 Å². The van der Waals surface area contributed by atoms with E-state index in [0.29, 0.717) is 13.0 Å². The van der Waals surface area contributed by atoms with Crippen molar-refractivity contribution in [3.63, 3.8) is 0 Å². The summed E-state index contributed by atoms with van der Waals surface area (Å²) < 4.78 is 15.6. The number of hydrogen-bond acceptors (Lipinski definition) is 4. The van der Waals surface area contributed by atoms with Crippen LogP contribution >= 0.6 is 0 Å². The average Bonchev–Trinajstić information content (AvgIpc) is 2.39. The molecule has 0 aromatic heterocycles. The molecule has 1 aromatic rings. The molecule has 0 radical (unpaired) electrons. The molecule has 1 rings (SSSR count). The molecule has 0 heterocycles. The van der Waals surface area contributed by atoms with E-state index in [1.807, 2.05) is 32.9 Å². The summed E-state index contributed by atoms with van der Waals surface area (Å²) in [6, 6.07) is 3.87. The summed E-state index contributed by atoms with van der Waals surface area (Å²) in [6.45, 7) is 6.07. The molecular weight excluding hydrogens is 258 g/mol. The number of amides is 1. The van der Waals surface area contributed by atoms with Gasteiger partial charge in [0.1, 0.15) is 11.5 Å². The van der Waals surface area contributed by atoms with Crippen LogP contribution in [0.2, 0.25) is 0 Å². The molecular formula is C15H23NO4. The van der Waals surface area contributed by atoms with Gasteiger partial charge in [-0.1, -0.05) is 0 Å². The van der Waals surface area contributed by atoms with Gasteiger partial charge in [0.25, 0.3) is 0 Å². The van der Waals surface area contributed by atoms with E-state index in [1.54, 1.807) is 14.2 Å². The molecule has 0 aliphatic carbocycles. The zero-order valence-corrected chi connectivity index (χ0v) is 12.8. The van der Waals surface area contributed by atoms with E-state index >= 15 is 0 Å². The number of alkyl carbamates (subject to hydrolysis) is 1. The Balaban J connectivity index is 2.65. The Morgan fingerprint density at radius 2 is 1.85 bits per heavy atom. The molecule has 20 heavy (non-hydrogen) atoms. The van der Waals surface area contributed by atoms with Gasteiger partial charge in [0, 0.05) is 6.54 Å². The van der Waals surface area contributed by atoms with Crippen LogP contribution in [0.3, 0.4) is 0 Å². The van der Waals surface area contributed by atoms with Crippen LogP contribution in [-0.2, 0) is 11.2 Å². The number of benzene rings is 1. The highest BCUT2D eigenvalue weighted by molar-refractivity contribution is 5.67. The van der Waals surface area contributed by atoms with Crippen LogP contribution < -0.4 is 14.8 Å². The topological polar surface area (TPSA) is 56.8 Å². The summed E-state index contributed by atoms with van der Waals surface area (Å²) in [5.41, 5.74) is 2.00. The first-order valence-corrected chi connectivity index (χ1v) is 6.64. The lowest BCUT2D eigenvalue weighted by atomic mass is 10.1. The van der Waals surface area contributed by atoms with Gasteiger partial charge in [-0.2, -0.15) is 0 Å². The van der Waals surface area contributed by atoms with Gasteiger partial charge in [-0.15, -0.1) is 0 Å². The maximum absolute atomic E-state index is 11.4. The fraction of sp³-hybridized carbons (Fsp3) is 0.533. The third-order valence-electron chi connectivity index (χ3n) is 2.80. The van der Waals surface area contributed by atoms with Crippen LogP contribution in [0.25, 0.3) is 0 Å². The number of hydrogen-bond donors (Lipinski definition) is 1. The molecule has 0 spiro atoms. The Hall–Kier alpha value is -1.91. The van der Waals surface area contributed by atoms with Crippen LogP contribution in [0.15, 0.2) is 12.1 Å². The highest BCUT2D eigenvalue weighted by Crippen LogP contribution is 2.28. The maximum atomic E-state index is 11.4. The molecule has 5 heteroatoms. The van der Waals surface area contributed by atoms with E-state index in [2.05, 4.69) is 5.32 Å². The molecule has 0 atom stereocenters. The summed E-state index contributed by atoms with van der Waals surface area (Å²) in [5, 5.41) is 2.71. The van der Waals surface area contributed by atoms with Crippen molar-refractivity contribution in [2.45, 2.75) is 33.3 Å². The Kier molecular flexibility index (Phi) is 6.15. The molecule has 0 unspecified atom stereocenters. The van der Waals surface area contributed by atoms with Crippen molar-refractivity contribution in [1.82, 2.24) is 5.32 Å². The predicted molar refractivity (Wildman–Crippen MR) is 77.6 cm³/mol. The average molecular weight is 281 g/mol. The van der Waals surface area contributed by atoms with Gasteiger partial charge in [0.15, 0.2) is 0 Å². The van der Waals surface area contributed by atoms with Gasteiger partial charge in [-0.3, -0.25) is 0 Å². The zero-order valence-electron chi connectivity index (χ0n) is 12.8. The zero-order chi connectivity index (χ0) is 15.1. The highest BCUT2D eigenvalue weighted by atomic mass is 16.6. The molecule has 5 nitrogen and oxygen atoms in total. The summed E-state index contributed by atoms with van der Waals surface area (Å²) in [6.07, 6.45) is 0.120. The Bertz CT molecular complexity index is 457. The number of rotatable bonds is 6. The number of aryl methyl sites for hydroxylation is 1. The minimum atomic E-state index is -0.405. The molecule has 0 bridgehead atoms. The number of ether oxygens (including phenoxy) is 3.